The molecule has 0 saturated carbocycles. The third-order valence-electron chi connectivity index (χ3n) is 3.41. The summed E-state index contributed by atoms with van der Waals surface area (Å²) in [5.41, 5.74) is -0.0418. The third-order valence-corrected chi connectivity index (χ3v) is 4.63. The van der Waals surface area contributed by atoms with Gasteiger partial charge in [-0.3, -0.25) is 10.1 Å². The molecule has 0 spiro atoms. The van der Waals surface area contributed by atoms with E-state index >= 15 is 0 Å². The molecule has 1 aromatic rings. The standard InChI is InChI=1S/C13H17NO7S/c15-5-9-10(16)11(17)12(18)13(21-9)22-6-7-1-3-8(4-2-7)14(19)20/h1-4,9-13,15-18H,5-6H2. The van der Waals surface area contributed by atoms with E-state index in [-0.39, 0.29) is 5.69 Å². The van der Waals surface area contributed by atoms with E-state index in [1.54, 1.807) is 12.1 Å². The zero-order valence-corrected chi connectivity index (χ0v) is 12.3. The average molecular weight is 331 g/mol. The van der Waals surface area contributed by atoms with Crippen LogP contribution in [-0.2, 0) is 10.5 Å². The first-order valence-electron chi connectivity index (χ1n) is 6.59. The number of ether oxygens (including phenoxy) is 1. The molecule has 122 valence electrons. The molecule has 0 amide bonds. The Morgan fingerprint density at radius 3 is 2.32 bits per heavy atom. The summed E-state index contributed by atoms with van der Waals surface area (Å²) in [5, 5.41) is 48.9. The van der Waals surface area contributed by atoms with Crippen molar-refractivity contribution in [3.63, 3.8) is 0 Å². The summed E-state index contributed by atoms with van der Waals surface area (Å²) in [6.07, 6.45) is -5.01. The second-order valence-corrected chi connectivity index (χ2v) is 6.02. The normalized spacial score (nSPS) is 31.9. The van der Waals surface area contributed by atoms with Gasteiger partial charge in [0.05, 0.1) is 11.5 Å². The van der Waals surface area contributed by atoms with E-state index in [2.05, 4.69) is 0 Å². The minimum absolute atomic E-state index is 0.0124. The zero-order chi connectivity index (χ0) is 16.3. The maximum atomic E-state index is 10.6. The lowest BCUT2D eigenvalue weighted by molar-refractivity contribution is -0.384. The molecule has 22 heavy (non-hydrogen) atoms. The highest BCUT2D eigenvalue weighted by Crippen LogP contribution is 2.30. The van der Waals surface area contributed by atoms with Crippen molar-refractivity contribution in [1.82, 2.24) is 0 Å². The van der Waals surface area contributed by atoms with Crippen LogP contribution in [-0.4, -0.2) is 61.8 Å². The van der Waals surface area contributed by atoms with Crippen molar-refractivity contribution in [2.24, 2.45) is 0 Å². The van der Waals surface area contributed by atoms with Crippen molar-refractivity contribution in [1.29, 1.82) is 0 Å². The van der Waals surface area contributed by atoms with E-state index in [1.807, 2.05) is 0 Å². The summed E-state index contributed by atoms with van der Waals surface area (Å²) in [4.78, 5) is 10.1. The predicted molar refractivity (Wildman–Crippen MR) is 78.2 cm³/mol. The van der Waals surface area contributed by atoms with Gasteiger partial charge >= 0.3 is 0 Å². The highest BCUT2D eigenvalue weighted by Gasteiger charge is 2.43. The Labute approximate surface area is 130 Å². The van der Waals surface area contributed by atoms with Crippen LogP contribution in [0.2, 0.25) is 0 Å². The topological polar surface area (TPSA) is 133 Å². The van der Waals surface area contributed by atoms with Crippen LogP contribution in [0, 0.1) is 10.1 Å². The molecule has 0 bridgehead atoms. The fraction of sp³-hybridized carbons (Fsp3) is 0.538. The summed E-state index contributed by atoms with van der Waals surface area (Å²) in [7, 11) is 0. The number of aliphatic hydroxyl groups is 4. The Kier molecular flexibility index (Phi) is 5.73. The van der Waals surface area contributed by atoms with Crippen LogP contribution in [0.3, 0.4) is 0 Å². The summed E-state index contributed by atoms with van der Waals surface area (Å²) in [5.74, 6) is 0.390. The second-order valence-electron chi connectivity index (χ2n) is 4.93. The lowest BCUT2D eigenvalue weighted by Gasteiger charge is -2.39. The summed E-state index contributed by atoms with van der Waals surface area (Å²) >= 11 is 1.17. The van der Waals surface area contributed by atoms with Gasteiger partial charge in [-0.15, -0.1) is 11.8 Å². The van der Waals surface area contributed by atoms with Gasteiger partial charge in [-0.2, -0.15) is 0 Å². The van der Waals surface area contributed by atoms with E-state index in [0.29, 0.717) is 5.75 Å². The summed E-state index contributed by atoms with van der Waals surface area (Å²) in [6.45, 7) is -0.473. The number of hydrogen-bond donors (Lipinski definition) is 4. The van der Waals surface area contributed by atoms with E-state index in [0.717, 1.165) is 5.56 Å². The smallest absolute Gasteiger partial charge is 0.269 e. The van der Waals surface area contributed by atoms with Gasteiger partial charge in [-0.05, 0) is 5.56 Å². The molecule has 9 heteroatoms. The molecule has 5 unspecified atom stereocenters. The van der Waals surface area contributed by atoms with Gasteiger partial charge in [0, 0.05) is 17.9 Å². The van der Waals surface area contributed by atoms with E-state index in [4.69, 9.17) is 9.84 Å². The van der Waals surface area contributed by atoms with Crippen molar-refractivity contribution in [3.05, 3.63) is 39.9 Å². The number of benzene rings is 1. The van der Waals surface area contributed by atoms with Gasteiger partial charge in [0.15, 0.2) is 0 Å². The number of hydrogen-bond acceptors (Lipinski definition) is 8. The Balaban J connectivity index is 1.96. The molecule has 1 heterocycles. The Bertz CT molecular complexity index is 510. The fourth-order valence-corrected chi connectivity index (χ4v) is 3.23. The van der Waals surface area contributed by atoms with Crippen molar-refractivity contribution in [2.45, 2.75) is 35.6 Å². The van der Waals surface area contributed by atoms with Crippen LogP contribution in [0.15, 0.2) is 24.3 Å². The molecular weight excluding hydrogens is 314 g/mol. The molecule has 2 rings (SSSR count). The van der Waals surface area contributed by atoms with Gasteiger partial charge in [-0.25, -0.2) is 0 Å². The number of nitro benzene ring substituents is 1. The quantitative estimate of drug-likeness (QED) is 0.424. The van der Waals surface area contributed by atoms with Gasteiger partial charge < -0.3 is 25.2 Å². The van der Waals surface area contributed by atoms with Gasteiger partial charge in [0.1, 0.15) is 29.9 Å². The highest BCUT2D eigenvalue weighted by molar-refractivity contribution is 7.99. The van der Waals surface area contributed by atoms with Gasteiger partial charge in [0.2, 0.25) is 0 Å². The number of non-ortho nitro benzene ring substituents is 1. The molecule has 4 N–H and O–H groups in total. The molecule has 1 aromatic carbocycles. The molecule has 1 fully saturated rings. The lowest BCUT2D eigenvalue weighted by Crippen LogP contribution is -2.57. The first-order valence-corrected chi connectivity index (χ1v) is 7.64. The third kappa shape index (κ3) is 3.75. The molecule has 5 atom stereocenters. The SMILES string of the molecule is O=[N+]([O-])c1ccc(CSC2OC(CO)C(O)C(O)C2O)cc1. The number of aliphatic hydroxyl groups excluding tert-OH is 4. The number of nitrogens with zero attached hydrogens (tertiary/aromatic N) is 1. The maximum absolute atomic E-state index is 10.6. The molecule has 1 aliphatic rings. The predicted octanol–water partition coefficient (Wildman–Crippen LogP) is -0.372. The number of thioether (sulfide) groups is 1. The molecular formula is C13H17NO7S. The van der Waals surface area contributed by atoms with E-state index < -0.39 is 41.4 Å². The summed E-state index contributed by atoms with van der Waals surface area (Å²) < 4.78 is 5.36. The number of rotatable bonds is 5. The molecule has 1 saturated heterocycles. The highest BCUT2D eigenvalue weighted by atomic mass is 32.2. The van der Waals surface area contributed by atoms with Crippen molar-refractivity contribution < 1.29 is 30.1 Å². The zero-order valence-electron chi connectivity index (χ0n) is 11.5. The average Bonchev–Trinajstić information content (AvgIpc) is 2.52. The fourth-order valence-electron chi connectivity index (χ4n) is 2.10. The van der Waals surface area contributed by atoms with Crippen molar-refractivity contribution >= 4 is 17.4 Å². The summed E-state index contributed by atoms with van der Waals surface area (Å²) in [6, 6.07) is 5.94. The molecule has 0 aromatic heterocycles. The van der Waals surface area contributed by atoms with Crippen LogP contribution in [0.5, 0.6) is 0 Å². The molecule has 8 nitrogen and oxygen atoms in total. The first kappa shape index (κ1) is 17.1. The molecule has 0 radical (unpaired) electrons. The van der Waals surface area contributed by atoms with E-state index in [9.17, 15) is 25.4 Å². The van der Waals surface area contributed by atoms with Crippen LogP contribution < -0.4 is 0 Å². The van der Waals surface area contributed by atoms with Crippen molar-refractivity contribution in [2.75, 3.05) is 6.61 Å². The Morgan fingerprint density at radius 2 is 1.77 bits per heavy atom. The van der Waals surface area contributed by atoms with Crippen LogP contribution in [0.25, 0.3) is 0 Å². The lowest BCUT2D eigenvalue weighted by atomic mass is 10.0. The Morgan fingerprint density at radius 1 is 1.14 bits per heavy atom. The van der Waals surface area contributed by atoms with E-state index in [1.165, 1.54) is 23.9 Å². The van der Waals surface area contributed by atoms with Crippen LogP contribution in [0.1, 0.15) is 5.56 Å². The van der Waals surface area contributed by atoms with Crippen molar-refractivity contribution in [3.8, 4) is 0 Å². The van der Waals surface area contributed by atoms with Crippen LogP contribution >= 0.6 is 11.8 Å². The minimum Gasteiger partial charge on any atom is -0.394 e. The van der Waals surface area contributed by atoms with Gasteiger partial charge in [0.25, 0.3) is 5.69 Å². The Hall–Kier alpha value is -1.23. The van der Waals surface area contributed by atoms with Gasteiger partial charge in [-0.1, -0.05) is 12.1 Å². The monoisotopic (exact) mass is 331 g/mol. The minimum atomic E-state index is -1.40. The second kappa shape index (κ2) is 7.36. The molecule has 0 aliphatic carbocycles. The number of nitro groups is 1. The first-order chi connectivity index (χ1) is 10.4. The maximum Gasteiger partial charge on any atom is 0.269 e. The van der Waals surface area contributed by atoms with Crippen LogP contribution in [0.4, 0.5) is 5.69 Å². The largest absolute Gasteiger partial charge is 0.394 e. The molecule has 1 aliphatic heterocycles.